The molecule has 10 heterocycles. The van der Waals surface area contributed by atoms with Crippen molar-refractivity contribution >= 4 is 36.3 Å². The fourth-order valence-corrected chi connectivity index (χ4v) is 16.1. The third-order valence-electron chi connectivity index (χ3n) is 20.2. The smallest absolute Gasteiger partial charge is 0.373 e. The topological polar surface area (TPSA) is 222 Å². The van der Waals surface area contributed by atoms with Crippen molar-refractivity contribution in [1.82, 2.24) is 24.8 Å². The van der Waals surface area contributed by atoms with Crippen LogP contribution in [0.1, 0.15) is 224 Å². The molecule has 508 valence electrons. The van der Waals surface area contributed by atoms with Crippen LogP contribution in [-0.4, -0.2) is 143 Å². The number of aldehydes is 2. The number of ketones is 2. The number of carboxylic acid groups (broad SMARTS) is 1. The van der Waals surface area contributed by atoms with E-state index in [0.29, 0.717) is 67.3 Å². The number of benzene rings is 3. The van der Waals surface area contributed by atoms with E-state index in [2.05, 4.69) is 139 Å². The molecular formula is C76H114N6O10. The molecule has 0 saturated carbocycles. The van der Waals surface area contributed by atoms with Crippen LogP contribution in [0.5, 0.6) is 0 Å². The molecule has 10 aliphatic rings. The largest absolute Gasteiger partial charge is 0.481 e. The Bertz CT molecular complexity index is 2440. The Morgan fingerprint density at radius 2 is 0.793 bits per heavy atom. The second-order valence-corrected chi connectivity index (χ2v) is 27.5. The lowest BCUT2D eigenvalue weighted by Gasteiger charge is -2.48. The van der Waals surface area contributed by atoms with E-state index in [9.17, 15) is 34.4 Å². The first-order valence-electron chi connectivity index (χ1n) is 34.8. The Morgan fingerprint density at radius 3 is 1.10 bits per heavy atom. The van der Waals surface area contributed by atoms with Gasteiger partial charge < -0.3 is 30.8 Å². The van der Waals surface area contributed by atoms with Crippen LogP contribution in [-0.2, 0) is 53.2 Å². The standard InChI is InChI=1S/C16H23N.C16H21N.C15H19NO.C9H17NO.C8H16N2O.C5H8O2.C4H6O3.C2H4.CO2/c2*1-13-10-15-8-5-9-16(11-13)17(15)12-14-6-3-2-4-7-14;17-15-9-13-7-4-8-14(10-15)16(13)11-12-5-2-1-3-6-12;1-7-5-8-3-2-4-9(6-7)10(8)11;9-6-4-7-2-1-3-8(5-6)10(7)11;6-4-2-1-3-5-7;1-3(5)2-4(6)7;1-2;2-1-3/h2-4,6-7,13,15-16H,5,8-12H2,1H3;2-4,6-7,15-16H,1,5,8-12H2;1-3,5-6,13-14H,4,7-11H2;7-9,11H,2-6H2,1H3;6-8,11H,1-5,9H2;4-5H,1-3H2;2H2,1H3,(H,6,7);1-2H2;/t13?,15-,16?;15-,16?;13-,14?;7?,8-,9?;6?,7-,8?;;;;/m00000..../s1. The summed E-state index contributed by atoms with van der Waals surface area (Å²) < 4.78 is 0. The molecule has 13 atom stereocenters. The molecule has 16 nitrogen and oxygen atoms in total. The fraction of sp³-hybridized carbons (Fsp3) is 0.632. The van der Waals surface area contributed by atoms with Gasteiger partial charge in [0.2, 0.25) is 0 Å². The molecule has 3 aromatic carbocycles. The summed E-state index contributed by atoms with van der Waals surface area (Å²) in [6.45, 7) is 19.5. The maximum absolute atomic E-state index is 11.6. The zero-order chi connectivity index (χ0) is 66.8. The van der Waals surface area contributed by atoms with Crippen LogP contribution < -0.4 is 5.73 Å². The molecule has 10 fully saturated rings. The molecule has 10 aliphatic heterocycles. The van der Waals surface area contributed by atoms with Crippen molar-refractivity contribution in [2.24, 2.45) is 17.6 Å². The second kappa shape index (κ2) is 42.6. The Morgan fingerprint density at radius 1 is 0.511 bits per heavy atom. The van der Waals surface area contributed by atoms with Gasteiger partial charge in [0.05, 0.1) is 0 Å². The Balaban J connectivity index is 0.000000197. The third kappa shape index (κ3) is 26.6. The van der Waals surface area contributed by atoms with Crippen molar-refractivity contribution < 1.29 is 49.1 Å². The van der Waals surface area contributed by atoms with Crippen molar-refractivity contribution in [3.63, 3.8) is 0 Å². The Labute approximate surface area is 551 Å². The molecular weight excluding hydrogens is 1160 g/mol. The van der Waals surface area contributed by atoms with Gasteiger partial charge in [-0.3, -0.25) is 29.1 Å². The van der Waals surface area contributed by atoms with Gasteiger partial charge in [-0.25, -0.2) is 0 Å². The van der Waals surface area contributed by atoms with Gasteiger partial charge in [0, 0.05) is 112 Å². The van der Waals surface area contributed by atoms with Crippen LogP contribution in [0, 0.1) is 11.8 Å². The number of carboxylic acids is 1. The molecule has 0 aromatic heterocycles. The van der Waals surface area contributed by atoms with Gasteiger partial charge in [0.1, 0.15) is 30.6 Å². The highest BCUT2D eigenvalue weighted by molar-refractivity contribution is 5.93. The summed E-state index contributed by atoms with van der Waals surface area (Å²) in [5.74, 6) is 0.870. The van der Waals surface area contributed by atoms with Crippen molar-refractivity contribution in [3.05, 3.63) is 133 Å². The summed E-state index contributed by atoms with van der Waals surface area (Å²) >= 11 is 0. The average Bonchev–Trinajstić information content (AvgIpc) is 0.880. The van der Waals surface area contributed by atoms with E-state index >= 15 is 0 Å². The number of nitrogens with zero attached hydrogens (tertiary/aromatic N) is 5. The fourth-order valence-electron chi connectivity index (χ4n) is 16.1. The molecule has 16 heteroatoms. The number of carbonyl (C=O) groups is 5. The van der Waals surface area contributed by atoms with E-state index in [4.69, 9.17) is 20.4 Å². The number of Topliss-reactive ketones (excluding diaryl/α,β-unsaturated/α-hetero) is 2. The maximum Gasteiger partial charge on any atom is 0.373 e. The monoisotopic (exact) mass is 1270 g/mol. The molecule has 10 saturated heterocycles. The van der Waals surface area contributed by atoms with E-state index in [1.54, 1.807) is 10.1 Å². The number of unbranched alkanes of at least 4 members (excludes halogenated alkanes) is 2. The number of carbonyl (C=O) groups excluding carboxylic acids is 6. The molecule has 5 N–H and O–H groups in total. The zero-order valence-corrected chi connectivity index (χ0v) is 56.1. The molecule has 0 amide bonds. The quantitative estimate of drug-likeness (QED) is 0.0573. The third-order valence-corrected chi connectivity index (χ3v) is 20.2. The number of fused-ring (bicyclic) bond motifs is 10. The molecule has 0 aliphatic carbocycles. The SMILES string of the molecule is C=C.C=C1CC2CCC[C@@H](C1)N2Cc1ccccc1.CC(=O)CC(=O)O.CC1CC2CCC[C@@H](C1)N2Cc1ccccc1.CC1CC2CCC[C@@H](C1)N2O.NC1CC2CCC[C@@H](C1)N2O.O=C1CC2CCC[C@@H](C1)N2Cc1ccccc1.O=C=O.O=CCCCC=O. The predicted molar refractivity (Wildman–Crippen MR) is 362 cm³/mol. The molecule has 10 bridgehead atoms. The lowest BCUT2D eigenvalue weighted by molar-refractivity contribution is -0.201. The van der Waals surface area contributed by atoms with Gasteiger partial charge in [0.15, 0.2) is 0 Å². The molecule has 13 rings (SSSR count). The maximum atomic E-state index is 11.6. The minimum absolute atomic E-state index is 0.250. The number of nitrogens with two attached hydrogens (primary N) is 1. The van der Waals surface area contributed by atoms with Crippen LogP contribution in [0.4, 0.5) is 0 Å². The van der Waals surface area contributed by atoms with Gasteiger partial charge in [-0.2, -0.15) is 19.7 Å². The summed E-state index contributed by atoms with van der Waals surface area (Å²) in [5, 5.41) is 30.3. The van der Waals surface area contributed by atoms with E-state index in [0.717, 1.165) is 100 Å². The predicted octanol–water partition coefficient (Wildman–Crippen LogP) is 13.9. The normalized spacial score (nSPS) is 29.3. The number of rotatable bonds is 12. The van der Waals surface area contributed by atoms with Crippen molar-refractivity contribution in [1.29, 1.82) is 0 Å². The highest BCUT2D eigenvalue weighted by Crippen LogP contribution is 2.40. The second-order valence-electron chi connectivity index (χ2n) is 27.5. The molecule has 0 spiro atoms. The minimum atomic E-state index is -1.06. The van der Waals surface area contributed by atoms with Gasteiger partial charge >= 0.3 is 12.1 Å². The molecule has 8 unspecified atom stereocenters. The Kier molecular flexibility index (Phi) is 35.7. The zero-order valence-electron chi connectivity index (χ0n) is 56.1. The summed E-state index contributed by atoms with van der Waals surface area (Å²) in [5.41, 5.74) is 11.6. The van der Waals surface area contributed by atoms with Crippen LogP contribution in [0.2, 0.25) is 0 Å². The highest BCUT2D eigenvalue weighted by atomic mass is 16.5. The van der Waals surface area contributed by atoms with E-state index in [1.165, 1.54) is 158 Å². The van der Waals surface area contributed by atoms with Crippen LogP contribution >= 0.6 is 0 Å². The number of hydrogen-bond donors (Lipinski definition) is 4. The van der Waals surface area contributed by atoms with Crippen LogP contribution in [0.15, 0.2) is 116 Å². The number of hydrogen-bond acceptors (Lipinski definition) is 15. The van der Waals surface area contributed by atoms with Gasteiger partial charge in [0.25, 0.3) is 0 Å². The summed E-state index contributed by atoms with van der Waals surface area (Å²) in [4.78, 5) is 74.6. The van der Waals surface area contributed by atoms with Gasteiger partial charge in [-0.1, -0.05) is 149 Å². The number of hydroxylamine groups is 4. The number of aliphatic carboxylic acids is 1. The molecule has 92 heavy (non-hydrogen) atoms. The highest BCUT2D eigenvalue weighted by Gasteiger charge is 2.40. The average molecular weight is 1270 g/mol. The van der Waals surface area contributed by atoms with Gasteiger partial charge in [-0.15, -0.1) is 13.2 Å². The van der Waals surface area contributed by atoms with Crippen LogP contribution in [0.25, 0.3) is 0 Å². The molecule has 0 radical (unpaired) electrons. The van der Waals surface area contributed by atoms with E-state index in [1.807, 2.05) is 0 Å². The van der Waals surface area contributed by atoms with Crippen LogP contribution in [0.3, 0.4) is 0 Å². The Hall–Kier alpha value is -5.65. The van der Waals surface area contributed by atoms with Crippen molar-refractivity contribution in [2.45, 2.75) is 293 Å². The van der Waals surface area contributed by atoms with Crippen molar-refractivity contribution in [3.8, 4) is 0 Å². The summed E-state index contributed by atoms with van der Waals surface area (Å²) in [6.07, 6.45) is 33.9. The summed E-state index contributed by atoms with van der Waals surface area (Å²) in [6, 6.07) is 38.8. The van der Waals surface area contributed by atoms with Gasteiger partial charge in [-0.05, 0) is 157 Å². The summed E-state index contributed by atoms with van der Waals surface area (Å²) in [7, 11) is 0. The first-order chi connectivity index (χ1) is 44.5. The number of piperidine rings is 10. The van der Waals surface area contributed by atoms with E-state index < -0.39 is 5.97 Å². The lowest BCUT2D eigenvalue weighted by atomic mass is 9.79. The molecule has 3 aromatic rings. The first kappa shape index (κ1) is 77.1. The first-order valence-corrected chi connectivity index (χ1v) is 34.8. The minimum Gasteiger partial charge on any atom is -0.481 e. The lowest BCUT2D eigenvalue weighted by Crippen LogP contribution is -2.53. The van der Waals surface area contributed by atoms with E-state index in [-0.39, 0.29) is 18.4 Å². The van der Waals surface area contributed by atoms with Crippen molar-refractivity contribution in [2.75, 3.05) is 0 Å².